The normalized spacial score (nSPS) is 12.4. The van der Waals surface area contributed by atoms with Crippen LogP contribution in [0.25, 0.3) is 0 Å². The molecule has 0 spiro atoms. The Hall–Kier alpha value is -1.38. The van der Waals surface area contributed by atoms with Crippen LogP contribution in [0, 0.1) is 5.82 Å². The minimum Gasteiger partial charge on any atom is -0.388 e. The van der Waals surface area contributed by atoms with Crippen LogP contribution in [0.5, 0.6) is 0 Å². The van der Waals surface area contributed by atoms with Gasteiger partial charge in [-0.05, 0) is 23.8 Å². The Morgan fingerprint density at radius 2 is 1.82 bits per heavy atom. The highest BCUT2D eigenvalue weighted by atomic mass is 35.5. The molecule has 0 heterocycles. The summed E-state index contributed by atoms with van der Waals surface area (Å²) in [6.07, 6.45) is -0.505. The molecule has 3 heteroatoms. The predicted octanol–water partition coefficient (Wildman–Crippen LogP) is 3.76. The fourth-order valence-corrected chi connectivity index (χ4v) is 1.90. The van der Waals surface area contributed by atoms with Crippen molar-refractivity contribution < 1.29 is 9.50 Å². The second-order valence-corrected chi connectivity index (χ2v) is 4.31. The summed E-state index contributed by atoms with van der Waals surface area (Å²) in [6, 6.07) is 13.7. The smallest absolute Gasteiger partial charge is 0.129 e. The third-order valence-electron chi connectivity index (χ3n) is 2.59. The average molecular weight is 251 g/mol. The molecular formula is C14H12ClFO. The highest BCUT2D eigenvalue weighted by molar-refractivity contribution is 6.30. The zero-order valence-electron chi connectivity index (χ0n) is 9.11. The molecule has 0 saturated heterocycles. The Kier molecular flexibility index (Phi) is 3.77. The second kappa shape index (κ2) is 5.30. The lowest BCUT2D eigenvalue weighted by molar-refractivity contribution is 0.173. The SMILES string of the molecule is OC(Cc1ccccc1)c1cc(Cl)ccc1F. The van der Waals surface area contributed by atoms with E-state index >= 15 is 0 Å². The van der Waals surface area contributed by atoms with Crippen molar-refractivity contribution in [1.82, 2.24) is 0 Å². The van der Waals surface area contributed by atoms with Crippen molar-refractivity contribution >= 4 is 11.6 Å². The van der Waals surface area contributed by atoms with Gasteiger partial charge >= 0.3 is 0 Å². The lowest BCUT2D eigenvalue weighted by Gasteiger charge is -2.12. The van der Waals surface area contributed by atoms with Crippen molar-refractivity contribution in [2.24, 2.45) is 0 Å². The monoisotopic (exact) mass is 250 g/mol. The van der Waals surface area contributed by atoms with Crippen LogP contribution >= 0.6 is 11.6 Å². The molecule has 2 aromatic rings. The molecule has 2 aromatic carbocycles. The summed E-state index contributed by atoms with van der Waals surface area (Å²) >= 11 is 5.79. The maximum Gasteiger partial charge on any atom is 0.129 e. The Labute approximate surface area is 104 Å². The van der Waals surface area contributed by atoms with Crippen molar-refractivity contribution in [2.45, 2.75) is 12.5 Å². The van der Waals surface area contributed by atoms with E-state index < -0.39 is 11.9 Å². The number of hydrogen-bond acceptors (Lipinski definition) is 1. The molecule has 88 valence electrons. The van der Waals surface area contributed by atoms with Crippen LogP contribution in [0.1, 0.15) is 17.2 Å². The van der Waals surface area contributed by atoms with E-state index in [-0.39, 0.29) is 5.56 Å². The summed E-state index contributed by atoms with van der Waals surface area (Å²) in [4.78, 5) is 0. The van der Waals surface area contributed by atoms with Gasteiger partial charge in [0.05, 0.1) is 6.10 Å². The van der Waals surface area contributed by atoms with Crippen LogP contribution in [0.4, 0.5) is 4.39 Å². The second-order valence-electron chi connectivity index (χ2n) is 3.87. The minimum absolute atomic E-state index is 0.237. The van der Waals surface area contributed by atoms with Crippen LogP contribution in [0.15, 0.2) is 48.5 Å². The minimum atomic E-state index is -0.879. The molecule has 0 radical (unpaired) electrons. The number of aliphatic hydroxyl groups excluding tert-OH is 1. The fourth-order valence-electron chi connectivity index (χ4n) is 1.72. The van der Waals surface area contributed by atoms with Crippen LogP contribution in [0.2, 0.25) is 5.02 Å². The van der Waals surface area contributed by atoms with Crippen LogP contribution in [0.3, 0.4) is 0 Å². The van der Waals surface area contributed by atoms with Crippen molar-refractivity contribution in [3.8, 4) is 0 Å². The average Bonchev–Trinajstić information content (AvgIpc) is 2.33. The topological polar surface area (TPSA) is 20.2 Å². The number of benzene rings is 2. The van der Waals surface area contributed by atoms with E-state index in [9.17, 15) is 9.50 Å². The quantitative estimate of drug-likeness (QED) is 0.880. The van der Waals surface area contributed by atoms with Crippen molar-refractivity contribution in [1.29, 1.82) is 0 Å². The van der Waals surface area contributed by atoms with Crippen LogP contribution < -0.4 is 0 Å². The van der Waals surface area contributed by atoms with Gasteiger partial charge in [0.2, 0.25) is 0 Å². The summed E-state index contributed by atoms with van der Waals surface area (Å²) in [5.74, 6) is -0.433. The van der Waals surface area contributed by atoms with Gasteiger partial charge in [-0.3, -0.25) is 0 Å². The summed E-state index contributed by atoms with van der Waals surface area (Å²) < 4.78 is 13.5. The molecule has 0 fully saturated rings. The van der Waals surface area contributed by atoms with Crippen molar-refractivity contribution in [3.05, 3.63) is 70.5 Å². The summed E-state index contributed by atoms with van der Waals surface area (Å²) in [5, 5.41) is 10.4. The Bertz CT molecular complexity index is 499. The van der Waals surface area contributed by atoms with Crippen LogP contribution in [-0.4, -0.2) is 5.11 Å². The van der Waals surface area contributed by atoms with E-state index in [2.05, 4.69) is 0 Å². The highest BCUT2D eigenvalue weighted by Crippen LogP contribution is 2.24. The molecule has 1 nitrogen and oxygen atoms in total. The van der Waals surface area contributed by atoms with E-state index in [0.717, 1.165) is 5.56 Å². The number of halogens is 2. The molecule has 0 saturated carbocycles. The van der Waals surface area contributed by atoms with E-state index in [0.29, 0.717) is 11.4 Å². The van der Waals surface area contributed by atoms with E-state index in [1.165, 1.54) is 18.2 Å². The van der Waals surface area contributed by atoms with Gasteiger partial charge in [0.25, 0.3) is 0 Å². The molecule has 2 rings (SSSR count). The zero-order chi connectivity index (χ0) is 12.3. The largest absolute Gasteiger partial charge is 0.388 e. The van der Waals surface area contributed by atoms with Gasteiger partial charge in [0.1, 0.15) is 5.82 Å². The molecule has 0 amide bonds. The maximum atomic E-state index is 13.5. The molecule has 0 bridgehead atoms. The fraction of sp³-hybridized carbons (Fsp3) is 0.143. The third kappa shape index (κ3) is 3.05. The first-order valence-corrected chi connectivity index (χ1v) is 5.71. The lowest BCUT2D eigenvalue weighted by Crippen LogP contribution is -2.04. The van der Waals surface area contributed by atoms with Gasteiger partial charge < -0.3 is 5.11 Å². The van der Waals surface area contributed by atoms with Gasteiger partial charge in [-0.15, -0.1) is 0 Å². The molecule has 17 heavy (non-hydrogen) atoms. The number of hydrogen-bond donors (Lipinski definition) is 1. The van der Waals surface area contributed by atoms with E-state index in [1.54, 1.807) is 0 Å². The maximum absolute atomic E-state index is 13.5. The third-order valence-corrected chi connectivity index (χ3v) is 2.82. The molecular weight excluding hydrogens is 239 g/mol. The predicted molar refractivity (Wildman–Crippen MR) is 66.5 cm³/mol. The Balaban J connectivity index is 2.20. The first-order valence-electron chi connectivity index (χ1n) is 5.34. The van der Waals surface area contributed by atoms with Gasteiger partial charge in [0.15, 0.2) is 0 Å². The molecule has 0 aliphatic heterocycles. The molecule has 1 unspecified atom stereocenters. The summed E-state index contributed by atoms with van der Waals surface area (Å²) in [6.45, 7) is 0. The highest BCUT2D eigenvalue weighted by Gasteiger charge is 2.13. The standard InChI is InChI=1S/C14H12ClFO/c15-11-6-7-13(16)12(9-11)14(17)8-10-4-2-1-3-5-10/h1-7,9,14,17H,8H2. The molecule has 0 aliphatic carbocycles. The van der Waals surface area contributed by atoms with Gasteiger partial charge in [-0.2, -0.15) is 0 Å². The molecule has 1 N–H and O–H groups in total. The lowest BCUT2D eigenvalue weighted by atomic mass is 10.0. The first-order chi connectivity index (χ1) is 8.16. The van der Waals surface area contributed by atoms with Crippen LogP contribution in [-0.2, 0) is 6.42 Å². The zero-order valence-corrected chi connectivity index (χ0v) is 9.86. The number of aliphatic hydroxyl groups is 1. The van der Waals surface area contributed by atoms with E-state index in [4.69, 9.17) is 11.6 Å². The van der Waals surface area contributed by atoms with Crippen molar-refractivity contribution in [2.75, 3.05) is 0 Å². The molecule has 0 aromatic heterocycles. The first kappa shape index (κ1) is 12.1. The Morgan fingerprint density at radius 1 is 1.12 bits per heavy atom. The van der Waals surface area contributed by atoms with E-state index in [1.807, 2.05) is 30.3 Å². The molecule has 1 atom stereocenters. The van der Waals surface area contributed by atoms with Gasteiger partial charge in [-0.25, -0.2) is 4.39 Å². The summed E-state index contributed by atoms with van der Waals surface area (Å²) in [5.41, 5.74) is 1.20. The van der Waals surface area contributed by atoms with Crippen molar-refractivity contribution in [3.63, 3.8) is 0 Å². The Morgan fingerprint density at radius 3 is 2.53 bits per heavy atom. The van der Waals surface area contributed by atoms with Gasteiger partial charge in [-0.1, -0.05) is 41.9 Å². The summed E-state index contributed by atoms with van der Waals surface area (Å²) in [7, 11) is 0. The number of rotatable bonds is 3. The van der Waals surface area contributed by atoms with Gasteiger partial charge in [0, 0.05) is 17.0 Å². The molecule has 0 aliphatic rings.